The molecule has 3 N–H and O–H groups in total. The molecule has 2 aliphatic rings. The zero-order valence-corrected chi connectivity index (χ0v) is 13.5. The zero-order chi connectivity index (χ0) is 13.7. The first-order valence-electron chi connectivity index (χ1n) is 7.92. The number of likely N-dealkylation sites (tertiary alicyclic amines) is 1. The summed E-state index contributed by atoms with van der Waals surface area (Å²) < 4.78 is 0. The fourth-order valence-corrected chi connectivity index (χ4v) is 3.36. The Hall–Kier alpha value is -0.320. The Bertz CT molecular complexity index is 285. The number of carbonyl (C=O) groups is 1. The van der Waals surface area contributed by atoms with Crippen LogP contribution < -0.4 is 11.1 Å². The molecule has 2 fully saturated rings. The van der Waals surface area contributed by atoms with E-state index in [-0.39, 0.29) is 18.3 Å². The van der Waals surface area contributed by atoms with E-state index in [4.69, 9.17) is 5.73 Å². The molecule has 0 bridgehead atoms. The number of piperidine rings is 1. The highest BCUT2D eigenvalue weighted by Crippen LogP contribution is 2.20. The van der Waals surface area contributed by atoms with Gasteiger partial charge in [-0.15, -0.1) is 12.4 Å². The largest absolute Gasteiger partial charge is 0.352 e. The lowest BCUT2D eigenvalue weighted by Crippen LogP contribution is -2.46. The van der Waals surface area contributed by atoms with Gasteiger partial charge in [-0.05, 0) is 51.6 Å². The van der Waals surface area contributed by atoms with Crippen molar-refractivity contribution in [2.24, 2.45) is 11.7 Å². The molecule has 4 nitrogen and oxygen atoms in total. The summed E-state index contributed by atoms with van der Waals surface area (Å²) >= 11 is 0. The molecule has 0 spiro atoms. The molecule has 1 saturated carbocycles. The second-order valence-corrected chi connectivity index (χ2v) is 6.38. The lowest BCUT2D eigenvalue weighted by molar-refractivity contribution is -0.123. The number of amides is 1. The van der Waals surface area contributed by atoms with Gasteiger partial charge in [0.25, 0.3) is 0 Å². The molecule has 2 rings (SSSR count). The smallest absolute Gasteiger partial charge is 0.234 e. The minimum absolute atomic E-state index is 0. The van der Waals surface area contributed by atoms with Gasteiger partial charge in [-0.3, -0.25) is 9.69 Å². The maximum absolute atomic E-state index is 12.0. The highest BCUT2D eigenvalue weighted by Gasteiger charge is 2.24. The van der Waals surface area contributed by atoms with Crippen molar-refractivity contribution in [3.63, 3.8) is 0 Å². The van der Waals surface area contributed by atoms with Crippen molar-refractivity contribution in [3.8, 4) is 0 Å². The number of hydrogen-bond donors (Lipinski definition) is 2. The van der Waals surface area contributed by atoms with Crippen LogP contribution in [0.4, 0.5) is 0 Å². The lowest BCUT2D eigenvalue weighted by atomic mass is 9.91. The molecular formula is C15H30ClN3O. The Morgan fingerprint density at radius 2 is 1.80 bits per heavy atom. The maximum Gasteiger partial charge on any atom is 0.234 e. The van der Waals surface area contributed by atoms with Gasteiger partial charge in [-0.2, -0.15) is 0 Å². The van der Waals surface area contributed by atoms with Crippen LogP contribution in [0.2, 0.25) is 0 Å². The quantitative estimate of drug-likeness (QED) is 0.834. The minimum Gasteiger partial charge on any atom is -0.352 e. The van der Waals surface area contributed by atoms with Gasteiger partial charge >= 0.3 is 0 Å². The fraction of sp³-hybridized carbons (Fsp3) is 0.933. The molecule has 1 unspecified atom stereocenters. The third-order valence-electron chi connectivity index (χ3n) is 4.71. The summed E-state index contributed by atoms with van der Waals surface area (Å²) in [5, 5.41) is 3.19. The van der Waals surface area contributed by atoms with Crippen LogP contribution >= 0.6 is 12.4 Å². The number of nitrogens with one attached hydrogen (secondary N) is 1. The summed E-state index contributed by atoms with van der Waals surface area (Å²) in [7, 11) is 0. The van der Waals surface area contributed by atoms with Crippen LogP contribution in [0.3, 0.4) is 0 Å². The third kappa shape index (κ3) is 5.58. The van der Waals surface area contributed by atoms with Crippen molar-refractivity contribution in [1.82, 2.24) is 10.2 Å². The van der Waals surface area contributed by atoms with E-state index in [1.165, 1.54) is 32.1 Å². The van der Waals surface area contributed by atoms with E-state index in [9.17, 15) is 4.79 Å². The van der Waals surface area contributed by atoms with Crippen LogP contribution in [0.1, 0.15) is 51.9 Å². The van der Waals surface area contributed by atoms with E-state index in [0.717, 1.165) is 25.9 Å². The number of carbonyl (C=O) groups excluding carboxylic acids is 1. The van der Waals surface area contributed by atoms with Crippen LogP contribution in [0, 0.1) is 5.92 Å². The number of hydrogen-bond acceptors (Lipinski definition) is 3. The highest BCUT2D eigenvalue weighted by atomic mass is 35.5. The standard InChI is InChI=1S/C15H29N3O.ClH/c1-12(16)13-7-9-18(10-8-13)11-15(19)17-14-5-3-2-4-6-14;/h12-14H,2-11,16H2,1H3,(H,17,19);1H. The second-order valence-electron chi connectivity index (χ2n) is 6.38. The Balaban J connectivity index is 0.00000200. The average Bonchev–Trinajstić information content (AvgIpc) is 2.40. The average molecular weight is 304 g/mol. The van der Waals surface area contributed by atoms with Crippen molar-refractivity contribution in [3.05, 3.63) is 0 Å². The molecular weight excluding hydrogens is 274 g/mol. The van der Waals surface area contributed by atoms with Gasteiger partial charge in [0.2, 0.25) is 5.91 Å². The van der Waals surface area contributed by atoms with Crippen molar-refractivity contribution in [1.29, 1.82) is 0 Å². The first-order chi connectivity index (χ1) is 9.15. The van der Waals surface area contributed by atoms with Crippen LogP contribution in [0.25, 0.3) is 0 Å². The lowest BCUT2D eigenvalue weighted by Gasteiger charge is -2.33. The molecule has 20 heavy (non-hydrogen) atoms. The van der Waals surface area contributed by atoms with Crippen LogP contribution in [0.15, 0.2) is 0 Å². The van der Waals surface area contributed by atoms with Gasteiger partial charge in [0.1, 0.15) is 0 Å². The van der Waals surface area contributed by atoms with E-state index >= 15 is 0 Å². The summed E-state index contributed by atoms with van der Waals surface area (Å²) in [5.74, 6) is 0.851. The minimum atomic E-state index is 0. The molecule has 5 heteroatoms. The van der Waals surface area contributed by atoms with E-state index in [1.807, 2.05) is 0 Å². The van der Waals surface area contributed by atoms with Gasteiger partial charge in [-0.1, -0.05) is 19.3 Å². The summed E-state index contributed by atoms with van der Waals surface area (Å²) in [6.07, 6.45) is 8.46. The molecule has 1 amide bonds. The first-order valence-corrected chi connectivity index (χ1v) is 7.92. The topological polar surface area (TPSA) is 58.4 Å². The molecule has 0 aromatic rings. The molecule has 1 aliphatic carbocycles. The maximum atomic E-state index is 12.0. The van der Waals surface area contributed by atoms with Gasteiger partial charge in [0, 0.05) is 12.1 Å². The molecule has 0 aromatic carbocycles. The van der Waals surface area contributed by atoms with Crippen molar-refractivity contribution >= 4 is 18.3 Å². The van der Waals surface area contributed by atoms with E-state index in [2.05, 4.69) is 17.1 Å². The molecule has 1 saturated heterocycles. The van der Waals surface area contributed by atoms with Gasteiger partial charge < -0.3 is 11.1 Å². The molecule has 0 radical (unpaired) electrons. The first kappa shape index (κ1) is 17.7. The molecule has 1 atom stereocenters. The van der Waals surface area contributed by atoms with Gasteiger partial charge in [0.15, 0.2) is 0 Å². The summed E-state index contributed by atoms with van der Waals surface area (Å²) in [4.78, 5) is 14.3. The molecule has 1 aliphatic heterocycles. The normalized spacial score (nSPS) is 23.9. The molecule has 0 aromatic heterocycles. The molecule has 118 valence electrons. The number of rotatable bonds is 4. The van der Waals surface area contributed by atoms with E-state index < -0.39 is 0 Å². The summed E-state index contributed by atoms with van der Waals surface area (Å²) in [6.45, 7) is 4.70. The Morgan fingerprint density at radius 3 is 2.35 bits per heavy atom. The van der Waals surface area contributed by atoms with Crippen LogP contribution in [-0.2, 0) is 4.79 Å². The fourth-order valence-electron chi connectivity index (χ4n) is 3.36. The van der Waals surface area contributed by atoms with Crippen molar-refractivity contribution in [2.75, 3.05) is 19.6 Å². The SMILES string of the molecule is CC(N)C1CCN(CC(=O)NC2CCCCC2)CC1.Cl. The highest BCUT2D eigenvalue weighted by molar-refractivity contribution is 5.85. The monoisotopic (exact) mass is 303 g/mol. The van der Waals surface area contributed by atoms with Crippen molar-refractivity contribution < 1.29 is 4.79 Å². The van der Waals surface area contributed by atoms with E-state index in [0.29, 0.717) is 24.5 Å². The number of nitrogens with zero attached hydrogens (tertiary/aromatic N) is 1. The Labute approximate surface area is 129 Å². The predicted octanol–water partition coefficient (Wildman–Crippen LogP) is 1.92. The van der Waals surface area contributed by atoms with Crippen LogP contribution in [0.5, 0.6) is 0 Å². The van der Waals surface area contributed by atoms with Crippen molar-refractivity contribution in [2.45, 2.75) is 64.0 Å². The Kier molecular flexibility index (Phi) is 7.85. The van der Waals surface area contributed by atoms with Gasteiger partial charge in [-0.25, -0.2) is 0 Å². The van der Waals surface area contributed by atoms with Gasteiger partial charge in [0.05, 0.1) is 6.54 Å². The zero-order valence-electron chi connectivity index (χ0n) is 12.6. The number of nitrogens with two attached hydrogens (primary N) is 1. The third-order valence-corrected chi connectivity index (χ3v) is 4.71. The van der Waals surface area contributed by atoms with E-state index in [1.54, 1.807) is 0 Å². The summed E-state index contributed by atoms with van der Waals surface area (Å²) in [5.41, 5.74) is 5.94. The predicted molar refractivity (Wildman–Crippen MR) is 85.1 cm³/mol. The number of halogens is 1. The van der Waals surface area contributed by atoms with Crippen LogP contribution in [-0.4, -0.2) is 42.5 Å². The Morgan fingerprint density at radius 1 is 1.20 bits per heavy atom. The molecule has 1 heterocycles. The summed E-state index contributed by atoms with van der Waals surface area (Å²) in [6, 6.07) is 0.723. The second kappa shape index (κ2) is 8.85.